The van der Waals surface area contributed by atoms with E-state index in [0.717, 1.165) is 10.9 Å². The highest BCUT2D eigenvalue weighted by molar-refractivity contribution is 9.10. The first-order chi connectivity index (χ1) is 6.63. The standard InChI is InChI=1S/C11H12Br2O/c1-2-11(14)10(13)7-8-4-3-5-9(12)6-8/h3-6,10H,2,7H2,1H3. The van der Waals surface area contributed by atoms with Crippen molar-refractivity contribution in [2.24, 2.45) is 0 Å². The van der Waals surface area contributed by atoms with E-state index in [0.29, 0.717) is 6.42 Å². The Morgan fingerprint density at radius 1 is 1.50 bits per heavy atom. The highest BCUT2D eigenvalue weighted by atomic mass is 79.9. The van der Waals surface area contributed by atoms with Crippen LogP contribution in [0.2, 0.25) is 0 Å². The summed E-state index contributed by atoms with van der Waals surface area (Å²) in [4.78, 5) is 11.3. The molecule has 0 aliphatic rings. The average molecular weight is 320 g/mol. The minimum absolute atomic E-state index is 0.0539. The lowest BCUT2D eigenvalue weighted by atomic mass is 10.1. The predicted octanol–water partition coefficient (Wildman–Crippen LogP) is 3.73. The van der Waals surface area contributed by atoms with Crippen molar-refractivity contribution in [2.75, 3.05) is 0 Å². The van der Waals surface area contributed by atoms with Crippen LogP contribution in [0.1, 0.15) is 18.9 Å². The lowest BCUT2D eigenvalue weighted by molar-refractivity contribution is -0.118. The van der Waals surface area contributed by atoms with Crippen molar-refractivity contribution in [2.45, 2.75) is 24.6 Å². The molecule has 76 valence electrons. The van der Waals surface area contributed by atoms with Gasteiger partial charge in [-0.2, -0.15) is 0 Å². The van der Waals surface area contributed by atoms with E-state index in [1.165, 1.54) is 5.56 Å². The zero-order chi connectivity index (χ0) is 10.6. The zero-order valence-corrected chi connectivity index (χ0v) is 11.1. The minimum atomic E-state index is -0.0539. The SMILES string of the molecule is CCC(=O)C(Br)Cc1cccc(Br)c1. The van der Waals surface area contributed by atoms with Crippen LogP contribution in [-0.2, 0) is 11.2 Å². The Morgan fingerprint density at radius 3 is 2.79 bits per heavy atom. The zero-order valence-electron chi connectivity index (χ0n) is 7.97. The second-order valence-electron chi connectivity index (χ2n) is 3.12. The summed E-state index contributed by atoms with van der Waals surface area (Å²) in [5, 5.41) is 0. The third-order valence-electron chi connectivity index (χ3n) is 2.00. The summed E-state index contributed by atoms with van der Waals surface area (Å²) in [6.45, 7) is 1.89. The molecule has 0 heterocycles. The van der Waals surface area contributed by atoms with Crippen LogP contribution in [0.4, 0.5) is 0 Å². The third kappa shape index (κ3) is 3.54. The van der Waals surface area contributed by atoms with Crippen molar-refractivity contribution in [3.63, 3.8) is 0 Å². The summed E-state index contributed by atoms with van der Waals surface area (Å²) in [5.74, 6) is 0.255. The molecule has 0 fully saturated rings. The molecule has 1 atom stereocenters. The van der Waals surface area contributed by atoms with Gasteiger partial charge in [0, 0.05) is 10.9 Å². The van der Waals surface area contributed by atoms with Gasteiger partial charge in [0.15, 0.2) is 0 Å². The lowest BCUT2D eigenvalue weighted by Crippen LogP contribution is -2.15. The molecule has 0 saturated carbocycles. The Balaban J connectivity index is 2.64. The van der Waals surface area contributed by atoms with E-state index in [4.69, 9.17) is 0 Å². The fourth-order valence-corrected chi connectivity index (χ4v) is 2.35. The molecule has 0 radical (unpaired) electrons. The number of hydrogen-bond acceptors (Lipinski definition) is 1. The molecule has 0 aromatic heterocycles. The van der Waals surface area contributed by atoms with Gasteiger partial charge in [-0.25, -0.2) is 0 Å². The van der Waals surface area contributed by atoms with Crippen LogP contribution in [0.3, 0.4) is 0 Å². The van der Waals surface area contributed by atoms with Crippen molar-refractivity contribution in [3.8, 4) is 0 Å². The Kier molecular flexibility index (Phi) is 4.82. The maximum Gasteiger partial charge on any atom is 0.146 e. The third-order valence-corrected chi connectivity index (χ3v) is 3.33. The molecule has 0 bridgehead atoms. The van der Waals surface area contributed by atoms with Gasteiger partial charge in [-0.15, -0.1) is 0 Å². The van der Waals surface area contributed by atoms with Crippen LogP contribution in [0.5, 0.6) is 0 Å². The summed E-state index contributed by atoms with van der Waals surface area (Å²) < 4.78 is 1.05. The van der Waals surface area contributed by atoms with Crippen molar-refractivity contribution < 1.29 is 4.79 Å². The molecule has 0 spiro atoms. The fraction of sp³-hybridized carbons (Fsp3) is 0.364. The summed E-state index contributed by atoms with van der Waals surface area (Å²) in [6, 6.07) is 8.03. The topological polar surface area (TPSA) is 17.1 Å². The van der Waals surface area contributed by atoms with E-state index in [1.807, 2.05) is 31.2 Å². The van der Waals surface area contributed by atoms with Crippen LogP contribution in [0, 0.1) is 0 Å². The van der Waals surface area contributed by atoms with Crippen LogP contribution < -0.4 is 0 Å². The number of benzene rings is 1. The molecular formula is C11H12Br2O. The molecule has 1 unspecified atom stereocenters. The van der Waals surface area contributed by atoms with Crippen molar-refractivity contribution in [3.05, 3.63) is 34.3 Å². The second kappa shape index (κ2) is 5.66. The highest BCUT2D eigenvalue weighted by Crippen LogP contribution is 2.16. The Bertz CT molecular complexity index is 323. The highest BCUT2D eigenvalue weighted by Gasteiger charge is 2.12. The average Bonchev–Trinajstić information content (AvgIpc) is 2.16. The van der Waals surface area contributed by atoms with Gasteiger partial charge in [0.2, 0.25) is 0 Å². The van der Waals surface area contributed by atoms with Crippen molar-refractivity contribution in [1.29, 1.82) is 0 Å². The van der Waals surface area contributed by atoms with Crippen LogP contribution >= 0.6 is 31.9 Å². The molecule has 3 heteroatoms. The number of Topliss-reactive ketones (excluding diaryl/α,β-unsaturated/α-hetero) is 1. The number of carbonyl (C=O) groups is 1. The number of rotatable bonds is 4. The van der Waals surface area contributed by atoms with E-state index < -0.39 is 0 Å². The molecule has 0 saturated heterocycles. The lowest BCUT2D eigenvalue weighted by Gasteiger charge is -2.07. The molecule has 0 aliphatic carbocycles. The summed E-state index contributed by atoms with van der Waals surface area (Å²) >= 11 is 6.81. The minimum Gasteiger partial charge on any atom is -0.298 e. The van der Waals surface area contributed by atoms with Gasteiger partial charge in [-0.3, -0.25) is 4.79 Å². The van der Waals surface area contributed by atoms with Crippen molar-refractivity contribution in [1.82, 2.24) is 0 Å². The number of halogens is 2. The fourth-order valence-electron chi connectivity index (χ4n) is 1.21. The normalized spacial score (nSPS) is 12.5. The molecule has 1 nitrogen and oxygen atoms in total. The summed E-state index contributed by atoms with van der Waals surface area (Å²) in [6.07, 6.45) is 1.34. The van der Waals surface area contributed by atoms with Gasteiger partial charge in [0.05, 0.1) is 4.83 Å². The maximum atomic E-state index is 11.3. The Morgan fingerprint density at radius 2 is 2.21 bits per heavy atom. The smallest absolute Gasteiger partial charge is 0.146 e. The largest absolute Gasteiger partial charge is 0.298 e. The van der Waals surface area contributed by atoms with Gasteiger partial charge in [-0.05, 0) is 24.1 Å². The predicted molar refractivity (Wildman–Crippen MR) is 65.9 cm³/mol. The molecule has 1 rings (SSSR count). The monoisotopic (exact) mass is 318 g/mol. The molecule has 0 aliphatic heterocycles. The van der Waals surface area contributed by atoms with Crippen LogP contribution in [0.25, 0.3) is 0 Å². The number of carbonyl (C=O) groups excluding carboxylic acids is 1. The van der Waals surface area contributed by atoms with Gasteiger partial charge in [0.1, 0.15) is 5.78 Å². The molecule has 1 aromatic carbocycles. The van der Waals surface area contributed by atoms with Crippen LogP contribution in [0.15, 0.2) is 28.7 Å². The number of ketones is 1. The quantitative estimate of drug-likeness (QED) is 0.773. The first kappa shape index (κ1) is 11.9. The summed E-state index contributed by atoms with van der Waals surface area (Å²) in [7, 11) is 0. The molecule has 1 aromatic rings. The van der Waals surface area contributed by atoms with E-state index in [2.05, 4.69) is 31.9 Å². The molecule has 0 amide bonds. The van der Waals surface area contributed by atoms with E-state index in [-0.39, 0.29) is 10.6 Å². The van der Waals surface area contributed by atoms with E-state index >= 15 is 0 Å². The van der Waals surface area contributed by atoms with E-state index in [1.54, 1.807) is 0 Å². The molecular weight excluding hydrogens is 308 g/mol. The van der Waals surface area contributed by atoms with Gasteiger partial charge >= 0.3 is 0 Å². The Labute approximate surface area is 101 Å². The van der Waals surface area contributed by atoms with Gasteiger partial charge in [-0.1, -0.05) is 50.9 Å². The van der Waals surface area contributed by atoms with Gasteiger partial charge in [0.25, 0.3) is 0 Å². The number of alkyl halides is 1. The molecule has 0 N–H and O–H groups in total. The van der Waals surface area contributed by atoms with Crippen LogP contribution in [-0.4, -0.2) is 10.6 Å². The Hall–Kier alpha value is -0.150. The van der Waals surface area contributed by atoms with E-state index in [9.17, 15) is 4.79 Å². The number of hydrogen-bond donors (Lipinski definition) is 0. The summed E-state index contributed by atoms with van der Waals surface area (Å²) in [5.41, 5.74) is 1.17. The van der Waals surface area contributed by atoms with Crippen molar-refractivity contribution >= 4 is 37.6 Å². The second-order valence-corrected chi connectivity index (χ2v) is 5.14. The molecule has 14 heavy (non-hydrogen) atoms. The first-order valence-corrected chi connectivity index (χ1v) is 6.25. The maximum absolute atomic E-state index is 11.3. The first-order valence-electron chi connectivity index (χ1n) is 4.54. The van der Waals surface area contributed by atoms with Gasteiger partial charge < -0.3 is 0 Å².